The van der Waals surface area contributed by atoms with Crippen molar-refractivity contribution in [3.05, 3.63) is 101 Å². The van der Waals surface area contributed by atoms with Gasteiger partial charge in [0, 0.05) is 40.8 Å². The Morgan fingerprint density at radius 3 is 2.57 bits per heavy atom. The second-order valence-corrected chi connectivity index (χ2v) is 11.6. The number of allylic oxidation sites excluding steroid dienone is 3. The predicted octanol–water partition coefficient (Wildman–Crippen LogP) is 8.01. The minimum atomic E-state index is -0.858. The number of hydrogen-bond donors (Lipinski definition) is 1. The minimum absolute atomic E-state index is 0.0151. The van der Waals surface area contributed by atoms with E-state index >= 15 is 4.39 Å². The minimum Gasteiger partial charge on any atom is -0.492 e. The summed E-state index contributed by atoms with van der Waals surface area (Å²) < 4.78 is 27.3. The van der Waals surface area contributed by atoms with Gasteiger partial charge in [0.2, 0.25) is 0 Å². The van der Waals surface area contributed by atoms with Gasteiger partial charge in [-0.1, -0.05) is 18.7 Å². The van der Waals surface area contributed by atoms with E-state index in [2.05, 4.69) is 42.5 Å². The van der Waals surface area contributed by atoms with Crippen LogP contribution in [0.2, 0.25) is 0 Å². The van der Waals surface area contributed by atoms with Crippen molar-refractivity contribution in [1.82, 2.24) is 9.97 Å². The number of hydrogen-bond acceptors (Lipinski definition) is 5. The van der Waals surface area contributed by atoms with E-state index < -0.39 is 17.9 Å². The Labute approximate surface area is 245 Å². The van der Waals surface area contributed by atoms with E-state index in [0.29, 0.717) is 36.0 Å². The molecule has 42 heavy (non-hydrogen) atoms. The van der Waals surface area contributed by atoms with Crippen LogP contribution in [0.15, 0.2) is 72.9 Å². The second-order valence-electron chi connectivity index (χ2n) is 11.6. The van der Waals surface area contributed by atoms with Crippen molar-refractivity contribution in [3.8, 4) is 22.8 Å². The first-order valence-corrected chi connectivity index (χ1v) is 14.6. The van der Waals surface area contributed by atoms with E-state index in [1.807, 2.05) is 24.5 Å². The Bertz CT molecular complexity index is 1580. The summed E-state index contributed by atoms with van der Waals surface area (Å²) in [5.41, 5.74) is 8.55. The molecule has 0 radical (unpaired) electrons. The molecular weight excluding hydrogens is 531 g/mol. The SMILES string of the molecule is C=C1/C(F)=C\C=C(\c2c(C)cc(-c3cnc(C4CC4)cn3)cc2C)CCC[C@H]1Oc1ccc2c(c1)OC[C@H]2CC(=O)O. The first-order chi connectivity index (χ1) is 20.3. The van der Waals surface area contributed by atoms with Gasteiger partial charge < -0.3 is 14.6 Å². The Kier molecular flexibility index (Phi) is 7.67. The Hall–Kier alpha value is -4.26. The lowest BCUT2D eigenvalue weighted by atomic mass is 9.89. The van der Waals surface area contributed by atoms with E-state index in [1.54, 1.807) is 12.1 Å². The van der Waals surface area contributed by atoms with Crippen LogP contribution in [-0.2, 0) is 4.79 Å². The van der Waals surface area contributed by atoms with Gasteiger partial charge in [-0.3, -0.25) is 14.8 Å². The van der Waals surface area contributed by atoms with Crippen molar-refractivity contribution in [2.45, 2.75) is 70.3 Å². The fraction of sp³-hybridized carbons (Fsp3) is 0.343. The first-order valence-electron chi connectivity index (χ1n) is 14.6. The number of aromatic nitrogens is 2. The number of ether oxygens (including phenoxy) is 2. The molecule has 2 aliphatic carbocycles. The monoisotopic (exact) mass is 566 g/mol. The van der Waals surface area contributed by atoms with Gasteiger partial charge in [0.05, 0.1) is 30.6 Å². The van der Waals surface area contributed by atoms with Crippen LogP contribution >= 0.6 is 0 Å². The molecule has 2 atom stereocenters. The molecule has 0 saturated heterocycles. The lowest BCUT2D eigenvalue weighted by Gasteiger charge is -2.21. The lowest BCUT2D eigenvalue weighted by Crippen LogP contribution is -2.19. The van der Waals surface area contributed by atoms with Gasteiger partial charge in [-0.15, -0.1) is 0 Å². The second kappa shape index (κ2) is 11.6. The molecular formula is C35H35FN2O4. The molecule has 3 aliphatic rings. The predicted molar refractivity (Wildman–Crippen MR) is 160 cm³/mol. The van der Waals surface area contributed by atoms with E-state index in [1.165, 1.54) is 18.9 Å². The highest BCUT2D eigenvalue weighted by Gasteiger charge is 2.28. The maximum atomic E-state index is 15.4. The number of halogens is 1. The maximum Gasteiger partial charge on any atom is 0.304 e. The Balaban J connectivity index is 1.17. The molecule has 0 spiro atoms. The third-order valence-electron chi connectivity index (χ3n) is 8.42. The number of fused-ring (bicyclic) bond motifs is 1. The molecule has 0 bridgehead atoms. The topological polar surface area (TPSA) is 81.5 Å². The van der Waals surface area contributed by atoms with Crippen molar-refractivity contribution in [2.75, 3.05) is 6.61 Å². The number of carbonyl (C=O) groups is 1. The third kappa shape index (κ3) is 5.87. The molecule has 6 nitrogen and oxygen atoms in total. The number of aliphatic carboxylic acids is 1. The summed E-state index contributed by atoms with van der Waals surface area (Å²) in [6, 6.07) is 9.68. The summed E-state index contributed by atoms with van der Waals surface area (Å²) in [6.45, 7) is 8.53. The highest BCUT2D eigenvalue weighted by Crippen LogP contribution is 2.40. The van der Waals surface area contributed by atoms with E-state index in [0.717, 1.165) is 57.6 Å². The summed E-state index contributed by atoms with van der Waals surface area (Å²) in [4.78, 5) is 20.5. The van der Waals surface area contributed by atoms with E-state index in [9.17, 15) is 4.79 Å². The van der Waals surface area contributed by atoms with Crippen molar-refractivity contribution in [2.24, 2.45) is 0 Å². The summed E-state index contributed by atoms with van der Waals surface area (Å²) >= 11 is 0. The van der Waals surface area contributed by atoms with Gasteiger partial charge in [0.15, 0.2) is 0 Å². The standard InChI is InChI=1S/C35H35FN2O4/c1-20-13-25(31-18-37-30(17-38-31)23-7-8-23)14-21(2)35(20)24-5-4-6-32(22(3)29(36)12-9-24)42-27-10-11-28-26(15-34(39)40)19-41-33(28)16-27/h9-14,16-18,23,26,32H,3-8,15,19H2,1-2H3,(H,39,40)/b24-9+,29-12+/t26-,32-/m1/s1. The smallest absolute Gasteiger partial charge is 0.304 e. The number of carboxylic acid groups (broad SMARTS) is 1. The lowest BCUT2D eigenvalue weighted by molar-refractivity contribution is -0.137. The van der Waals surface area contributed by atoms with Crippen molar-refractivity contribution in [1.29, 1.82) is 0 Å². The van der Waals surface area contributed by atoms with Crippen LogP contribution in [0, 0.1) is 13.8 Å². The molecule has 0 unspecified atom stereocenters. The Morgan fingerprint density at radius 2 is 1.88 bits per heavy atom. The summed E-state index contributed by atoms with van der Waals surface area (Å²) in [5, 5.41) is 9.16. The van der Waals surface area contributed by atoms with Gasteiger partial charge in [0.25, 0.3) is 0 Å². The molecule has 1 aromatic heterocycles. The zero-order chi connectivity index (χ0) is 29.4. The molecule has 6 rings (SSSR count). The van der Waals surface area contributed by atoms with Gasteiger partial charge in [-0.25, -0.2) is 4.39 Å². The number of benzene rings is 2. The number of carboxylic acids is 1. The van der Waals surface area contributed by atoms with Crippen molar-refractivity contribution >= 4 is 11.5 Å². The molecule has 1 N–H and O–H groups in total. The molecule has 3 aromatic rings. The van der Waals surface area contributed by atoms with Crippen LogP contribution in [0.1, 0.15) is 78.3 Å². The van der Waals surface area contributed by atoms with Crippen LogP contribution in [-0.4, -0.2) is 33.8 Å². The average molecular weight is 567 g/mol. The fourth-order valence-corrected chi connectivity index (χ4v) is 6.08. The molecule has 1 aliphatic heterocycles. The summed E-state index contributed by atoms with van der Waals surface area (Å²) in [7, 11) is 0. The third-order valence-corrected chi connectivity index (χ3v) is 8.42. The maximum absolute atomic E-state index is 15.4. The van der Waals surface area contributed by atoms with Gasteiger partial charge in [-0.2, -0.15) is 0 Å². The number of nitrogens with zero attached hydrogens (tertiary/aromatic N) is 2. The highest BCUT2D eigenvalue weighted by atomic mass is 19.1. The normalized spacial score (nSPS) is 22.9. The van der Waals surface area contributed by atoms with Crippen LogP contribution in [0.4, 0.5) is 4.39 Å². The molecule has 216 valence electrons. The number of rotatable bonds is 7. The molecule has 1 fully saturated rings. The molecule has 1 saturated carbocycles. The van der Waals surface area contributed by atoms with E-state index in [4.69, 9.17) is 14.6 Å². The Morgan fingerprint density at radius 1 is 1.10 bits per heavy atom. The van der Waals surface area contributed by atoms with Crippen LogP contribution < -0.4 is 9.47 Å². The fourth-order valence-electron chi connectivity index (χ4n) is 6.08. The van der Waals surface area contributed by atoms with Gasteiger partial charge in [0.1, 0.15) is 23.4 Å². The zero-order valence-electron chi connectivity index (χ0n) is 24.0. The van der Waals surface area contributed by atoms with Crippen LogP contribution in [0.5, 0.6) is 11.5 Å². The largest absolute Gasteiger partial charge is 0.492 e. The van der Waals surface area contributed by atoms with Crippen LogP contribution in [0.25, 0.3) is 16.8 Å². The van der Waals surface area contributed by atoms with Crippen LogP contribution in [0.3, 0.4) is 0 Å². The first kappa shape index (κ1) is 27.9. The quantitative estimate of drug-likeness (QED) is 0.312. The zero-order valence-corrected chi connectivity index (χ0v) is 24.0. The van der Waals surface area contributed by atoms with Gasteiger partial charge >= 0.3 is 5.97 Å². The van der Waals surface area contributed by atoms with Gasteiger partial charge in [-0.05, 0) is 92.5 Å². The van der Waals surface area contributed by atoms with Crippen molar-refractivity contribution in [3.63, 3.8) is 0 Å². The van der Waals surface area contributed by atoms with E-state index in [-0.39, 0.29) is 12.3 Å². The average Bonchev–Trinajstić information content (AvgIpc) is 3.74. The molecule has 2 heterocycles. The molecule has 2 aromatic carbocycles. The summed E-state index contributed by atoms with van der Waals surface area (Å²) in [6.07, 6.45) is 11.2. The number of aryl methyl sites for hydroxylation is 2. The molecule has 7 heteroatoms. The summed E-state index contributed by atoms with van der Waals surface area (Å²) in [5.74, 6) is 0.290. The molecule has 0 amide bonds. The highest BCUT2D eigenvalue weighted by molar-refractivity contribution is 5.76. The van der Waals surface area contributed by atoms with Crippen molar-refractivity contribution < 1.29 is 23.8 Å².